The molecular formula is C26H29ClN2O4S. The summed E-state index contributed by atoms with van der Waals surface area (Å²) in [5.74, 6) is 0.667. The zero-order valence-electron chi connectivity index (χ0n) is 19.3. The summed E-state index contributed by atoms with van der Waals surface area (Å²) in [5, 5.41) is 3.41. The molecule has 6 nitrogen and oxygen atoms in total. The van der Waals surface area contributed by atoms with Gasteiger partial charge >= 0.3 is 0 Å². The molecule has 34 heavy (non-hydrogen) atoms. The van der Waals surface area contributed by atoms with E-state index in [1.54, 1.807) is 42.5 Å². The summed E-state index contributed by atoms with van der Waals surface area (Å²) in [5.41, 5.74) is 2.74. The maximum Gasteiger partial charge on any atom is 0.251 e. The number of nitrogens with zero attached hydrogens (tertiary/aromatic N) is 1. The van der Waals surface area contributed by atoms with Gasteiger partial charge in [0.05, 0.1) is 25.1 Å². The molecule has 0 aliphatic heterocycles. The highest BCUT2D eigenvalue weighted by atomic mass is 35.5. The van der Waals surface area contributed by atoms with Crippen LogP contribution >= 0.6 is 11.6 Å². The first-order chi connectivity index (χ1) is 16.3. The van der Waals surface area contributed by atoms with E-state index in [1.165, 1.54) is 4.31 Å². The molecule has 0 aliphatic carbocycles. The predicted molar refractivity (Wildman–Crippen MR) is 137 cm³/mol. The fraction of sp³-hybridized carbons (Fsp3) is 0.269. The van der Waals surface area contributed by atoms with Crippen molar-refractivity contribution in [2.75, 3.05) is 23.7 Å². The molecule has 0 aromatic heterocycles. The van der Waals surface area contributed by atoms with Crippen LogP contribution in [0.15, 0.2) is 72.8 Å². The lowest BCUT2D eigenvalue weighted by Gasteiger charge is -2.23. The van der Waals surface area contributed by atoms with Gasteiger partial charge in [0, 0.05) is 17.1 Å². The first-order valence-electron chi connectivity index (χ1n) is 11.1. The highest BCUT2D eigenvalue weighted by Crippen LogP contribution is 2.24. The van der Waals surface area contributed by atoms with E-state index in [2.05, 4.69) is 5.32 Å². The minimum absolute atomic E-state index is 0.104. The van der Waals surface area contributed by atoms with E-state index in [0.717, 1.165) is 30.4 Å². The molecule has 0 fully saturated rings. The molecule has 0 saturated heterocycles. The van der Waals surface area contributed by atoms with Gasteiger partial charge in [0.1, 0.15) is 5.75 Å². The number of hydrogen-bond donors (Lipinski definition) is 1. The molecule has 0 aliphatic rings. The second kappa shape index (κ2) is 11.9. The first kappa shape index (κ1) is 25.6. The van der Waals surface area contributed by atoms with Crippen molar-refractivity contribution in [3.05, 3.63) is 94.5 Å². The third-order valence-corrected chi connectivity index (χ3v) is 6.78. The van der Waals surface area contributed by atoms with Gasteiger partial charge in [0.2, 0.25) is 10.0 Å². The number of aryl methyl sites for hydroxylation is 1. The largest absolute Gasteiger partial charge is 0.494 e. The van der Waals surface area contributed by atoms with E-state index < -0.39 is 10.0 Å². The van der Waals surface area contributed by atoms with Crippen LogP contribution in [-0.2, 0) is 23.0 Å². The molecule has 0 bridgehead atoms. The smallest absolute Gasteiger partial charge is 0.251 e. The monoisotopic (exact) mass is 500 g/mol. The minimum Gasteiger partial charge on any atom is -0.494 e. The molecule has 3 aromatic carbocycles. The summed E-state index contributed by atoms with van der Waals surface area (Å²) < 4.78 is 31.7. The lowest BCUT2D eigenvalue weighted by Crippen LogP contribution is -2.29. The van der Waals surface area contributed by atoms with Gasteiger partial charge in [-0.2, -0.15) is 0 Å². The Labute approximate surface area is 206 Å². The SMILES string of the molecule is CCOc1ccccc1CCCNC(=O)c1ccc(N(Cc2ccccc2Cl)S(C)(=O)=O)cc1. The third-order valence-electron chi connectivity index (χ3n) is 5.27. The summed E-state index contributed by atoms with van der Waals surface area (Å²) in [7, 11) is -3.55. The van der Waals surface area contributed by atoms with Gasteiger partial charge in [-0.1, -0.05) is 48.0 Å². The number of halogens is 1. The van der Waals surface area contributed by atoms with E-state index in [9.17, 15) is 13.2 Å². The Bertz CT molecular complexity index is 1210. The lowest BCUT2D eigenvalue weighted by atomic mass is 10.1. The number of hydrogen-bond acceptors (Lipinski definition) is 4. The van der Waals surface area contributed by atoms with E-state index in [0.29, 0.717) is 35.0 Å². The average Bonchev–Trinajstić information content (AvgIpc) is 2.82. The number of anilines is 1. The predicted octanol–water partition coefficient (Wildman–Crippen LogP) is 5.07. The summed E-state index contributed by atoms with van der Waals surface area (Å²) in [6.45, 7) is 3.18. The highest BCUT2D eigenvalue weighted by Gasteiger charge is 2.19. The van der Waals surface area contributed by atoms with Crippen LogP contribution in [0.2, 0.25) is 5.02 Å². The van der Waals surface area contributed by atoms with Crippen molar-refractivity contribution in [3.63, 3.8) is 0 Å². The van der Waals surface area contributed by atoms with Crippen molar-refractivity contribution in [1.29, 1.82) is 0 Å². The van der Waals surface area contributed by atoms with Crippen molar-refractivity contribution in [2.45, 2.75) is 26.3 Å². The summed E-state index contributed by atoms with van der Waals surface area (Å²) in [6.07, 6.45) is 2.71. The fourth-order valence-corrected chi connectivity index (χ4v) is 4.62. The minimum atomic E-state index is -3.55. The van der Waals surface area contributed by atoms with Crippen LogP contribution in [0.5, 0.6) is 5.75 Å². The number of nitrogens with one attached hydrogen (secondary N) is 1. The van der Waals surface area contributed by atoms with Gasteiger partial charge in [-0.05, 0) is 67.3 Å². The van der Waals surface area contributed by atoms with Gasteiger partial charge in [-0.15, -0.1) is 0 Å². The molecule has 0 heterocycles. The molecule has 0 atom stereocenters. The molecule has 1 N–H and O–H groups in total. The zero-order valence-corrected chi connectivity index (χ0v) is 20.9. The van der Waals surface area contributed by atoms with Crippen LogP contribution in [-0.4, -0.2) is 33.7 Å². The summed E-state index contributed by atoms with van der Waals surface area (Å²) in [6, 6.07) is 21.5. The second-order valence-corrected chi connectivity index (χ2v) is 10.1. The van der Waals surface area contributed by atoms with E-state index >= 15 is 0 Å². The molecule has 3 rings (SSSR count). The Morgan fingerprint density at radius 3 is 2.26 bits per heavy atom. The van der Waals surface area contributed by atoms with Crippen LogP contribution in [0.4, 0.5) is 5.69 Å². The first-order valence-corrected chi connectivity index (χ1v) is 13.3. The van der Waals surface area contributed by atoms with Gasteiger partial charge < -0.3 is 10.1 Å². The molecule has 0 unspecified atom stereocenters. The molecule has 0 saturated carbocycles. The Hall–Kier alpha value is -3.03. The third kappa shape index (κ3) is 6.98. The van der Waals surface area contributed by atoms with Crippen LogP contribution < -0.4 is 14.4 Å². The molecule has 1 amide bonds. The van der Waals surface area contributed by atoms with E-state index in [1.807, 2.05) is 37.3 Å². The maximum absolute atomic E-state index is 12.6. The highest BCUT2D eigenvalue weighted by molar-refractivity contribution is 7.92. The van der Waals surface area contributed by atoms with Gasteiger partial charge in [-0.25, -0.2) is 8.42 Å². The van der Waals surface area contributed by atoms with E-state index in [-0.39, 0.29) is 12.5 Å². The average molecular weight is 501 g/mol. The Kier molecular flexibility index (Phi) is 8.96. The van der Waals surface area contributed by atoms with Crippen LogP contribution in [0.25, 0.3) is 0 Å². The standard InChI is InChI=1S/C26H29ClN2O4S/c1-3-33-25-13-7-5-9-20(25)11-8-18-28-26(30)21-14-16-23(17-15-21)29(34(2,31)32)19-22-10-4-6-12-24(22)27/h4-7,9-10,12-17H,3,8,11,18-19H2,1-2H3,(H,28,30). The Balaban J connectivity index is 1.60. The quantitative estimate of drug-likeness (QED) is 0.373. The number of sulfonamides is 1. The van der Waals surface area contributed by atoms with Crippen molar-refractivity contribution in [2.24, 2.45) is 0 Å². The number of benzene rings is 3. The Morgan fingerprint density at radius 1 is 0.971 bits per heavy atom. The molecule has 0 spiro atoms. The number of carbonyl (C=O) groups is 1. The lowest BCUT2D eigenvalue weighted by molar-refractivity contribution is 0.0953. The van der Waals surface area contributed by atoms with Crippen molar-refractivity contribution >= 4 is 33.2 Å². The number of rotatable bonds is 11. The number of amides is 1. The van der Waals surface area contributed by atoms with Crippen molar-refractivity contribution < 1.29 is 17.9 Å². The summed E-state index contributed by atoms with van der Waals surface area (Å²) >= 11 is 6.22. The van der Waals surface area contributed by atoms with Crippen molar-refractivity contribution in [1.82, 2.24) is 5.32 Å². The van der Waals surface area contributed by atoms with Crippen LogP contribution in [0, 0.1) is 0 Å². The van der Waals surface area contributed by atoms with Gasteiger partial charge in [0.25, 0.3) is 5.91 Å². The Morgan fingerprint density at radius 2 is 1.62 bits per heavy atom. The number of ether oxygens (including phenoxy) is 1. The zero-order chi connectivity index (χ0) is 24.6. The molecule has 0 radical (unpaired) electrons. The maximum atomic E-state index is 12.6. The topological polar surface area (TPSA) is 75.7 Å². The molecular weight excluding hydrogens is 472 g/mol. The number of carbonyl (C=O) groups excluding carboxylic acids is 1. The van der Waals surface area contributed by atoms with Crippen LogP contribution in [0.1, 0.15) is 34.8 Å². The van der Waals surface area contributed by atoms with Crippen molar-refractivity contribution in [3.8, 4) is 5.75 Å². The van der Waals surface area contributed by atoms with E-state index in [4.69, 9.17) is 16.3 Å². The van der Waals surface area contributed by atoms with Gasteiger partial charge in [0.15, 0.2) is 0 Å². The normalized spacial score (nSPS) is 11.1. The molecule has 180 valence electrons. The molecule has 8 heteroatoms. The molecule has 3 aromatic rings. The fourth-order valence-electron chi connectivity index (χ4n) is 3.55. The van der Waals surface area contributed by atoms with Crippen LogP contribution in [0.3, 0.4) is 0 Å². The summed E-state index contributed by atoms with van der Waals surface area (Å²) in [4.78, 5) is 12.6. The second-order valence-electron chi connectivity index (χ2n) is 7.81. The number of para-hydroxylation sites is 1. The van der Waals surface area contributed by atoms with Gasteiger partial charge in [-0.3, -0.25) is 9.10 Å².